The van der Waals surface area contributed by atoms with Crippen molar-refractivity contribution in [2.45, 2.75) is 13.8 Å². The zero-order valence-corrected chi connectivity index (χ0v) is 13.0. The van der Waals surface area contributed by atoms with Gasteiger partial charge < -0.3 is 4.90 Å². The lowest BCUT2D eigenvalue weighted by Gasteiger charge is -2.16. The minimum atomic E-state index is 1.22. The van der Waals surface area contributed by atoms with Crippen LogP contribution in [0.5, 0.6) is 0 Å². The summed E-state index contributed by atoms with van der Waals surface area (Å²) in [4.78, 5) is 2.14. The second-order valence-corrected chi connectivity index (χ2v) is 5.52. The Balaban J connectivity index is 2.31. The Bertz CT molecular complexity index is 599. The summed E-state index contributed by atoms with van der Waals surface area (Å²) < 4.78 is 2.04. The highest BCUT2D eigenvalue weighted by Gasteiger charge is 2.04. The van der Waals surface area contributed by atoms with Crippen molar-refractivity contribution in [3.8, 4) is 0 Å². The van der Waals surface area contributed by atoms with E-state index in [1.54, 1.807) is 0 Å². The lowest BCUT2D eigenvalue weighted by molar-refractivity contribution is -0.671. The number of pyridine rings is 1. The lowest BCUT2D eigenvalue weighted by Crippen LogP contribution is -2.25. The molecule has 2 rings (SSSR count). The van der Waals surface area contributed by atoms with Gasteiger partial charge in [0.2, 0.25) is 0 Å². The highest BCUT2D eigenvalue weighted by Crippen LogP contribution is 2.23. The maximum absolute atomic E-state index is 2.23. The maximum atomic E-state index is 2.23. The smallest absolute Gasteiger partial charge is 0.169 e. The van der Waals surface area contributed by atoms with Crippen molar-refractivity contribution < 1.29 is 4.57 Å². The summed E-state index contributed by atoms with van der Waals surface area (Å²) in [6, 6.07) is 8.71. The second-order valence-electron chi connectivity index (χ2n) is 5.52. The van der Waals surface area contributed by atoms with E-state index >= 15 is 0 Å². The Morgan fingerprint density at radius 1 is 0.950 bits per heavy atom. The number of nitrogens with zero attached hydrogens (tertiary/aromatic N) is 2. The fraction of sp³-hybridized carbons (Fsp3) is 0.278. The number of hydrogen-bond acceptors (Lipinski definition) is 1. The molecule has 0 radical (unpaired) electrons. The number of anilines is 1. The maximum Gasteiger partial charge on any atom is 0.169 e. The van der Waals surface area contributed by atoms with Crippen molar-refractivity contribution in [1.29, 1.82) is 0 Å². The zero-order valence-electron chi connectivity index (χ0n) is 13.0. The highest BCUT2D eigenvalue weighted by atomic mass is 15.1. The second kappa shape index (κ2) is 5.91. The minimum Gasteiger partial charge on any atom is -0.378 e. The van der Waals surface area contributed by atoms with Crippen LogP contribution in [-0.2, 0) is 7.05 Å². The summed E-state index contributed by atoms with van der Waals surface area (Å²) in [6.07, 6.45) is 8.51. The van der Waals surface area contributed by atoms with Gasteiger partial charge in [0.25, 0.3) is 0 Å². The summed E-state index contributed by atoms with van der Waals surface area (Å²) >= 11 is 0. The molecule has 2 heteroatoms. The van der Waals surface area contributed by atoms with E-state index in [-0.39, 0.29) is 0 Å². The molecule has 0 atom stereocenters. The number of benzene rings is 1. The first-order valence-corrected chi connectivity index (χ1v) is 6.89. The van der Waals surface area contributed by atoms with Crippen LogP contribution in [0.3, 0.4) is 0 Å². The number of hydrogen-bond donors (Lipinski definition) is 0. The first-order valence-electron chi connectivity index (χ1n) is 6.89. The van der Waals surface area contributed by atoms with Gasteiger partial charge in [0.15, 0.2) is 12.4 Å². The fourth-order valence-corrected chi connectivity index (χ4v) is 2.28. The summed E-state index contributed by atoms with van der Waals surface area (Å²) in [7, 11) is 6.18. The molecule has 0 saturated carbocycles. The van der Waals surface area contributed by atoms with E-state index in [4.69, 9.17) is 0 Å². The number of aromatic nitrogens is 1. The standard InChI is InChI=1S/C18H23N2/c1-14-12-17(19(3)4)13-15(2)18(14)7-6-16-8-10-20(5)11-9-16/h6-13H,1-5H3/q+1. The van der Waals surface area contributed by atoms with Gasteiger partial charge in [-0.05, 0) is 48.2 Å². The predicted molar refractivity (Wildman–Crippen MR) is 86.8 cm³/mol. The van der Waals surface area contributed by atoms with Crippen LogP contribution in [0.4, 0.5) is 5.69 Å². The van der Waals surface area contributed by atoms with Crippen LogP contribution in [0.1, 0.15) is 22.3 Å². The molecular formula is C18H23N2+. The molecule has 20 heavy (non-hydrogen) atoms. The van der Waals surface area contributed by atoms with Crippen LogP contribution in [0.15, 0.2) is 36.7 Å². The molecule has 104 valence electrons. The third-order valence-corrected chi connectivity index (χ3v) is 3.54. The molecular weight excluding hydrogens is 244 g/mol. The molecule has 0 N–H and O–H groups in total. The van der Waals surface area contributed by atoms with Gasteiger partial charge in [0.05, 0.1) is 0 Å². The monoisotopic (exact) mass is 267 g/mol. The quantitative estimate of drug-likeness (QED) is 0.773. The molecule has 0 aliphatic heterocycles. The molecule has 0 amide bonds. The normalized spacial score (nSPS) is 11.1. The molecule has 1 aromatic heterocycles. The Hall–Kier alpha value is -2.09. The average Bonchev–Trinajstić information content (AvgIpc) is 2.39. The van der Waals surface area contributed by atoms with Crippen LogP contribution in [-0.4, -0.2) is 14.1 Å². The van der Waals surface area contributed by atoms with Crippen LogP contribution in [0.2, 0.25) is 0 Å². The van der Waals surface area contributed by atoms with Crippen LogP contribution >= 0.6 is 0 Å². The molecule has 2 aromatic rings. The molecule has 1 aromatic carbocycles. The molecule has 0 spiro atoms. The molecule has 0 unspecified atom stereocenters. The SMILES string of the molecule is Cc1cc(N(C)C)cc(C)c1/C=C/c1cc[n+](C)cc1. The fourth-order valence-electron chi connectivity index (χ4n) is 2.28. The molecule has 0 saturated heterocycles. The lowest BCUT2D eigenvalue weighted by atomic mass is 10.0. The highest BCUT2D eigenvalue weighted by molar-refractivity contribution is 5.74. The van der Waals surface area contributed by atoms with Crippen molar-refractivity contribution in [3.05, 3.63) is 58.9 Å². The third kappa shape index (κ3) is 3.27. The Morgan fingerprint density at radius 3 is 2.00 bits per heavy atom. The molecule has 2 nitrogen and oxygen atoms in total. The topological polar surface area (TPSA) is 7.12 Å². The first-order chi connectivity index (χ1) is 9.47. The molecule has 0 bridgehead atoms. The largest absolute Gasteiger partial charge is 0.378 e. The Morgan fingerprint density at radius 2 is 1.50 bits per heavy atom. The Kier molecular flexibility index (Phi) is 4.23. The van der Waals surface area contributed by atoms with Crippen molar-refractivity contribution in [1.82, 2.24) is 0 Å². The number of aryl methyl sites for hydroxylation is 3. The summed E-state index contributed by atoms with van der Waals surface area (Å²) in [5, 5.41) is 0. The van der Waals surface area contributed by atoms with Crippen LogP contribution in [0, 0.1) is 13.8 Å². The third-order valence-electron chi connectivity index (χ3n) is 3.54. The van der Waals surface area contributed by atoms with E-state index in [9.17, 15) is 0 Å². The van der Waals surface area contributed by atoms with Gasteiger partial charge in [-0.25, -0.2) is 4.57 Å². The van der Waals surface area contributed by atoms with Gasteiger partial charge >= 0.3 is 0 Å². The van der Waals surface area contributed by atoms with E-state index in [1.165, 1.54) is 27.9 Å². The van der Waals surface area contributed by atoms with Crippen molar-refractivity contribution in [3.63, 3.8) is 0 Å². The summed E-state index contributed by atoms with van der Waals surface area (Å²) in [5.41, 5.74) is 6.41. The molecule has 0 aliphatic carbocycles. The van der Waals surface area contributed by atoms with Gasteiger partial charge in [-0.3, -0.25) is 0 Å². The summed E-state index contributed by atoms with van der Waals surface area (Å²) in [6.45, 7) is 4.34. The van der Waals surface area contributed by atoms with Crippen molar-refractivity contribution in [2.24, 2.45) is 7.05 Å². The summed E-state index contributed by atoms with van der Waals surface area (Å²) in [5.74, 6) is 0. The zero-order chi connectivity index (χ0) is 14.7. The average molecular weight is 267 g/mol. The van der Waals surface area contributed by atoms with Crippen LogP contribution in [0.25, 0.3) is 12.2 Å². The van der Waals surface area contributed by atoms with Gasteiger partial charge in [-0.1, -0.05) is 12.2 Å². The Labute approximate surface area is 122 Å². The van der Waals surface area contributed by atoms with Gasteiger partial charge in [-0.15, -0.1) is 0 Å². The van der Waals surface area contributed by atoms with E-state index in [2.05, 4.69) is 81.7 Å². The van der Waals surface area contributed by atoms with Crippen LogP contribution < -0.4 is 9.47 Å². The molecule has 0 aliphatic rings. The van der Waals surface area contributed by atoms with E-state index in [1.807, 2.05) is 11.6 Å². The van der Waals surface area contributed by atoms with Gasteiger partial charge in [0, 0.05) is 31.9 Å². The van der Waals surface area contributed by atoms with Gasteiger partial charge in [0.1, 0.15) is 7.05 Å². The first kappa shape index (κ1) is 14.3. The van der Waals surface area contributed by atoms with Crippen molar-refractivity contribution in [2.75, 3.05) is 19.0 Å². The minimum absolute atomic E-state index is 1.22. The molecule has 1 heterocycles. The van der Waals surface area contributed by atoms with E-state index < -0.39 is 0 Å². The predicted octanol–water partition coefficient (Wildman–Crippen LogP) is 3.36. The van der Waals surface area contributed by atoms with Crippen molar-refractivity contribution >= 4 is 17.8 Å². The van der Waals surface area contributed by atoms with E-state index in [0.717, 1.165) is 0 Å². The van der Waals surface area contributed by atoms with Gasteiger partial charge in [-0.2, -0.15) is 0 Å². The number of rotatable bonds is 3. The van der Waals surface area contributed by atoms with E-state index in [0.29, 0.717) is 0 Å². The molecule has 0 fully saturated rings.